The first-order valence-corrected chi connectivity index (χ1v) is 9.05. The molecule has 5 heteroatoms. The zero-order valence-corrected chi connectivity index (χ0v) is 15.3. The Balaban J connectivity index is 1.74. The maximum atomic E-state index is 13.0. The molecular formula is C21H25N3O2. The SMILES string of the molecule is CC(=O)N[C@@H](CC(=O)N(Cc1cccnc1)C1CC1)c1ccc(C)cc1. The molecular weight excluding hydrogens is 326 g/mol. The molecule has 136 valence electrons. The predicted molar refractivity (Wildman–Crippen MR) is 100 cm³/mol. The lowest BCUT2D eigenvalue weighted by Gasteiger charge is -2.26. The number of aryl methyl sites for hydroxylation is 1. The van der Waals surface area contributed by atoms with Gasteiger partial charge in [0.1, 0.15) is 0 Å². The minimum Gasteiger partial charge on any atom is -0.349 e. The highest BCUT2D eigenvalue weighted by Gasteiger charge is 2.33. The van der Waals surface area contributed by atoms with Crippen molar-refractivity contribution in [3.05, 3.63) is 65.5 Å². The Morgan fingerprint density at radius 2 is 1.96 bits per heavy atom. The minimum atomic E-state index is -0.309. The number of benzene rings is 1. The molecule has 2 aromatic rings. The van der Waals surface area contributed by atoms with Crippen LogP contribution in [0.25, 0.3) is 0 Å². The molecule has 3 rings (SSSR count). The van der Waals surface area contributed by atoms with Crippen LogP contribution in [-0.4, -0.2) is 27.7 Å². The van der Waals surface area contributed by atoms with E-state index >= 15 is 0 Å². The summed E-state index contributed by atoms with van der Waals surface area (Å²) in [5, 5.41) is 2.93. The molecule has 1 N–H and O–H groups in total. The summed E-state index contributed by atoms with van der Waals surface area (Å²) >= 11 is 0. The molecule has 1 atom stereocenters. The fourth-order valence-corrected chi connectivity index (χ4v) is 3.08. The van der Waals surface area contributed by atoms with Crippen molar-refractivity contribution in [1.29, 1.82) is 0 Å². The third-order valence-electron chi connectivity index (χ3n) is 4.62. The Morgan fingerprint density at radius 1 is 1.23 bits per heavy atom. The molecule has 0 unspecified atom stereocenters. The molecule has 1 aliphatic carbocycles. The van der Waals surface area contributed by atoms with Crippen LogP contribution < -0.4 is 5.32 Å². The van der Waals surface area contributed by atoms with E-state index in [1.807, 2.05) is 48.2 Å². The zero-order valence-electron chi connectivity index (χ0n) is 15.3. The average molecular weight is 351 g/mol. The summed E-state index contributed by atoms with van der Waals surface area (Å²) in [4.78, 5) is 30.7. The van der Waals surface area contributed by atoms with E-state index in [1.165, 1.54) is 6.92 Å². The molecule has 26 heavy (non-hydrogen) atoms. The van der Waals surface area contributed by atoms with E-state index in [2.05, 4.69) is 10.3 Å². The highest BCUT2D eigenvalue weighted by atomic mass is 16.2. The molecule has 5 nitrogen and oxygen atoms in total. The van der Waals surface area contributed by atoms with Gasteiger partial charge in [0.05, 0.1) is 12.5 Å². The number of carbonyl (C=O) groups is 2. The van der Waals surface area contributed by atoms with E-state index in [-0.39, 0.29) is 24.3 Å². The maximum Gasteiger partial charge on any atom is 0.225 e. The lowest BCUT2D eigenvalue weighted by atomic mass is 10.0. The van der Waals surface area contributed by atoms with Gasteiger partial charge in [0, 0.05) is 31.9 Å². The number of amides is 2. The Hall–Kier alpha value is -2.69. The number of aromatic nitrogens is 1. The molecule has 0 saturated heterocycles. The van der Waals surface area contributed by atoms with Gasteiger partial charge in [-0.15, -0.1) is 0 Å². The monoisotopic (exact) mass is 351 g/mol. The number of hydrogen-bond donors (Lipinski definition) is 1. The third kappa shape index (κ3) is 4.91. The van der Waals surface area contributed by atoms with Crippen LogP contribution in [0.2, 0.25) is 0 Å². The normalized spacial score (nSPS) is 14.5. The molecule has 1 aliphatic rings. The third-order valence-corrected chi connectivity index (χ3v) is 4.62. The van der Waals surface area contributed by atoms with Crippen molar-refractivity contribution in [2.45, 2.75) is 51.7 Å². The van der Waals surface area contributed by atoms with Gasteiger partial charge in [0.2, 0.25) is 11.8 Å². The van der Waals surface area contributed by atoms with Crippen LogP contribution in [0.5, 0.6) is 0 Å². The van der Waals surface area contributed by atoms with Gasteiger partial charge in [0.15, 0.2) is 0 Å². The van der Waals surface area contributed by atoms with Gasteiger partial charge in [-0.25, -0.2) is 0 Å². The molecule has 2 amide bonds. The van der Waals surface area contributed by atoms with E-state index in [0.29, 0.717) is 12.6 Å². The Kier molecular flexibility index (Phi) is 5.66. The minimum absolute atomic E-state index is 0.0654. The summed E-state index contributed by atoms with van der Waals surface area (Å²) < 4.78 is 0. The first-order valence-electron chi connectivity index (χ1n) is 9.05. The molecule has 1 aromatic heterocycles. The summed E-state index contributed by atoms with van der Waals surface area (Å²) in [7, 11) is 0. The number of nitrogens with one attached hydrogen (secondary N) is 1. The number of carbonyl (C=O) groups excluding carboxylic acids is 2. The van der Waals surface area contributed by atoms with Crippen molar-refractivity contribution < 1.29 is 9.59 Å². The molecule has 0 bridgehead atoms. The smallest absolute Gasteiger partial charge is 0.225 e. The van der Waals surface area contributed by atoms with E-state index in [1.54, 1.807) is 12.4 Å². The largest absolute Gasteiger partial charge is 0.349 e. The summed E-state index contributed by atoms with van der Waals surface area (Å²) in [6, 6.07) is 11.8. The molecule has 1 saturated carbocycles. The van der Waals surface area contributed by atoms with Crippen molar-refractivity contribution in [1.82, 2.24) is 15.2 Å². The fraction of sp³-hybridized carbons (Fsp3) is 0.381. The molecule has 1 fully saturated rings. The quantitative estimate of drug-likeness (QED) is 0.833. The summed E-state index contributed by atoms with van der Waals surface area (Å²) in [6.45, 7) is 4.07. The lowest BCUT2D eigenvalue weighted by Crippen LogP contribution is -2.37. The molecule has 1 heterocycles. The van der Waals surface area contributed by atoms with Gasteiger partial charge in [-0.05, 0) is 37.0 Å². The van der Waals surface area contributed by atoms with Crippen molar-refractivity contribution in [2.24, 2.45) is 0 Å². The second kappa shape index (κ2) is 8.13. The van der Waals surface area contributed by atoms with Crippen molar-refractivity contribution in [3.8, 4) is 0 Å². The van der Waals surface area contributed by atoms with E-state index < -0.39 is 0 Å². The van der Waals surface area contributed by atoms with Gasteiger partial charge in [-0.2, -0.15) is 0 Å². The standard InChI is InChI=1S/C21H25N3O2/c1-15-5-7-18(8-6-15)20(23-16(2)25)12-21(26)24(19-9-10-19)14-17-4-3-11-22-13-17/h3-8,11,13,19-20H,9-10,12,14H2,1-2H3,(H,23,25)/t20-/m0/s1. The first-order chi connectivity index (χ1) is 12.5. The highest BCUT2D eigenvalue weighted by Crippen LogP contribution is 2.30. The van der Waals surface area contributed by atoms with Gasteiger partial charge in [-0.3, -0.25) is 14.6 Å². The van der Waals surface area contributed by atoms with Crippen LogP contribution in [0.15, 0.2) is 48.8 Å². The van der Waals surface area contributed by atoms with E-state index in [9.17, 15) is 9.59 Å². The predicted octanol–water partition coefficient (Wildman–Crippen LogP) is 3.15. The van der Waals surface area contributed by atoms with E-state index in [0.717, 1.165) is 29.5 Å². The number of rotatable bonds is 7. The van der Waals surface area contributed by atoms with Crippen molar-refractivity contribution in [3.63, 3.8) is 0 Å². The van der Waals surface area contributed by atoms with Crippen LogP contribution >= 0.6 is 0 Å². The van der Waals surface area contributed by atoms with Gasteiger partial charge < -0.3 is 10.2 Å². The Labute approximate surface area is 154 Å². The second-order valence-corrected chi connectivity index (χ2v) is 6.98. The molecule has 0 spiro atoms. The Morgan fingerprint density at radius 3 is 2.54 bits per heavy atom. The fourth-order valence-electron chi connectivity index (χ4n) is 3.08. The summed E-state index contributed by atoms with van der Waals surface area (Å²) in [6.07, 6.45) is 5.88. The number of hydrogen-bond acceptors (Lipinski definition) is 3. The van der Waals surface area contributed by atoms with E-state index in [4.69, 9.17) is 0 Å². The van der Waals surface area contributed by atoms with Gasteiger partial charge in [0.25, 0.3) is 0 Å². The lowest BCUT2D eigenvalue weighted by molar-refractivity contribution is -0.133. The highest BCUT2D eigenvalue weighted by molar-refractivity contribution is 5.79. The van der Waals surface area contributed by atoms with Crippen LogP contribution in [0.3, 0.4) is 0 Å². The Bertz CT molecular complexity index is 755. The van der Waals surface area contributed by atoms with Crippen LogP contribution in [0.4, 0.5) is 0 Å². The van der Waals surface area contributed by atoms with Crippen molar-refractivity contribution >= 4 is 11.8 Å². The van der Waals surface area contributed by atoms with Gasteiger partial charge in [-0.1, -0.05) is 35.9 Å². The first kappa shape index (κ1) is 18.1. The van der Waals surface area contributed by atoms with Crippen LogP contribution in [-0.2, 0) is 16.1 Å². The molecule has 0 radical (unpaired) electrons. The maximum absolute atomic E-state index is 13.0. The van der Waals surface area contributed by atoms with Gasteiger partial charge >= 0.3 is 0 Å². The van der Waals surface area contributed by atoms with Crippen LogP contribution in [0, 0.1) is 6.92 Å². The molecule has 1 aromatic carbocycles. The zero-order chi connectivity index (χ0) is 18.5. The van der Waals surface area contributed by atoms with Crippen LogP contribution in [0.1, 0.15) is 48.9 Å². The topological polar surface area (TPSA) is 62.3 Å². The summed E-state index contributed by atoms with van der Waals surface area (Å²) in [5.74, 6) is -0.0655. The number of pyridine rings is 1. The average Bonchev–Trinajstić information content (AvgIpc) is 3.45. The summed E-state index contributed by atoms with van der Waals surface area (Å²) in [5.41, 5.74) is 3.13. The second-order valence-electron chi connectivity index (χ2n) is 6.98. The van der Waals surface area contributed by atoms with Crippen molar-refractivity contribution in [2.75, 3.05) is 0 Å². The molecule has 0 aliphatic heterocycles. The number of nitrogens with zero attached hydrogens (tertiary/aromatic N) is 2.